The maximum Gasteiger partial charge on any atom is 0.416 e. The van der Waals surface area contributed by atoms with Crippen molar-refractivity contribution in [2.45, 2.75) is 38.4 Å². The molecule has 0 unspecified atom stereocenters. The van der Waals surface area contributed by atoms with Gasteiger partial charge in [0.05, 0.1) is 28.8 Å². The minimum Gasteiger partial charge on any atom is -0.489 e. The van der Waals surface area contributed by atoms with Crippen LogP contribution in [0.4, 0.5) is 18.9 Å². The molecule has 0 fully saturated rings. The lowest BCUT2D eigenvalue weighted by molar-refractivity contribution is -0.137. The van der Waals surface area contributed by atoms with E-state index in [1.807, 2.05) is 0 Å². The topological polar surface area (TPSA) is 72.9 Å². The maximum atomic E-state index is 13.4. The molecule has 0 N–H and O–H groups in total. The number of hydrogen-bond acceptors (Lipinski definition) is 5. The standard InChI is InChI=1S/C26H26F3NO5S/c1-5-30(36(32,33)23-14-17(2)18(3)24(15-23)25(31)34-4)21-10-12-22(13-11-21)35-16-19-6-8-20(9-7-19)26(27,28)29/h6-15H,5,16H2,1-4H3. The second-order valence-electron chi connectivity index (χ2n) is 8.05. The largest absolute Gasteiger partial charge is 0.489 e. The first-order chi connectivity index (χ1) is 16.9. The highest BCUT2D eigenvalue weighted by molar-refractivity contribution is 7.92. The third-order valence-electron chi connectivity index (χ3n) is 5.73. The molecule has 0 saturated carbocycles. The van der Waals surface area contributed by atoms with Crippen LogP contribution >= 0.6 is 0 Å². The van der Waals surface area contributed by atoms with Crippen LogP contribution in [0.3, 0.4) is 0 Å². The molecule has 36 heavy (non-hydrogen) atoms. The summed E-state index contributed by atoms with van der Waals surface area (Å²) < 4.78 is 76.6. The van der Waals surface area contributed by atoms with Gasteiger partial charge in [-0.05, 0) is 86.0 Å². The maximum absolute atomic E-state index is 13.4. The number of carbonyl (C=O) groups is 1. The summed E-state index contributed by atoms with van der Waals surface area (Å²) in [6.07, 6.45) is -4.40. The lowest BCUT2D eigenvalue weighted by Crippen LogP contribution is -2.31. The number of alkyl halides is 3. The Morgan fingerprint density at radius 3 is 2.11 bits per heavy atom. The van der Waals surface area contributed by atoms with E-state index in [1.54, 1.807) is 45.0 Å². The van der Waals surface area contributed by atoms with Crippen LogP contribution in [0.5, 0.6) is 5.75 Å². The van der Waals surface area contributed by atoms with Crippen LogP contribution in [0.15, 0.2) is 65.6 Å². The second kappa shape index (κ2) is 10.6. The number of hydrogen-bond donors (Lipinski definition) is 0. The normalized spacial score (nSPS) is 11.8. The van der Waals surface area contributed by atoms with Crippen LogP contribution in [-0.2, 0) is 27.5 Å². The first kappa shape index (κ1) is 27.1. The average Bonchev–Trinajstić information content (AvgIpc) is 2.84. The monoisotopic (exact) mass is 521 g/mol. The van der Waals surface area contributed by atoms with E-state index in [0.29, 0.717) is 28.1 Å². The van der Waals surface area contributed by atoms with Crippen molar-refractivity contribution in [1.29, 1.82) is 0 Å². The van der Waals surface area contributed by atoms with E-state index in [9.17, 15) is 26.4 Å². The molecule has 0 aliphatic heterocycles. The number of rotatable bonds is 8. The summed E-state index contributed by atoms with van der Waals surface area (Å²) in [6, 6.07) is 13.8. The van der Waals surface area contributed by atoms with Gasteiger partial charge in [-0.15, -0.1) is 0 Å². The van der Waals surface area contributed by atoms with Crippen LogP contribution < -0.4 is 9.04 Å². The number of esters is 1. The number of ether oxygens (including phenoxy) is 2. The molecule has 0 heterocycles. The minimum atomic E-state index is -4.40. The highest BCUT2D eigenvalue weighted by Gasteiger charge is 2.30. The van der Waals surface area contributed by atoms with E-state index in [0.717, 1.165) is 12.1 Å². The zero-order chi connectivity index (χ0) is 26.7. The van der Waals surface area contributed by atoms with Crippen molar-refractivity contribution in [3.63, 3.8) is 0 Å². The van der Waals surface area contributed by atoms with Gasteiger partial charge >= 0.3 is 12.1 Å². The summed E-state index contributed by atoms with van der Waals surface area (Å²) in [5, 5.41) is 0. The first-order valence-electron chi connectivity index (χ1n) is 11.0. The van der Waals surface area contributed by atoms with E-state index in [1.165, 1.54) is 35.7 Å². The van der Waals surface area contributed by atoms with Crippen molar-refractivity contribution >= 4 is 21.7 Å². The average molecular weight is 522 g/mol. The number of aryl methyl sites for hydroxylation is 1. The number of carbonyl (C=O) groups excluding carboxylic acids is 1. The molecule has 0 radical (unpaired) electrons. The Morgan fingerprint density at radius 1 is 0.972 bits per heavy atom. The predicted molar refractivity (Wildman–Crippen MR) is 130 cm³/mol. The van der Waals surface area contributed by atoms with E-state index in [4.69, 9.17) is 9.47 Å². The van der Waals surface area contributed by atoms with Gasteiger partial charge in [-0.25, -0.2) is 13.2 Å². The quantitative estimate of drug-likeness (QED) is 0.345. The zero-order valence-corrected chi connectivity index (χ0v) is 21.0. The molecule has 0 spiro atoms. The summed E-state index contributed by atoms with van der Waals surface area (Å²) >= 11 is 0. The van der Waals surface area contributed by atoms with Gasteiger partial charge < -0.3 is 9.47 Å². The van der Waals surface area contributed by atoms with Gasteiger partial charge in [-0.3, -0.25) is 4.31 Å². The highest BCUT2D eigenvalue weighted by atomic mass is 32.2. The van der Waals surface area contributed by atoms with Gasteiger partial charge in [0.1, 0.15) is 12.4 Å². The lowest BCUT2D eigenvalue weighted by Gasteiger charge is -2.24. The van der Waals surface area contributed by atoms with Crippen LogP contribution in [0.25, 0.3) is 0 Å². The summed E-state index contributed by atoms with van der Waals surface area (Å²) in [6.45, 7) is 5.31. The molecule has 0 amide bonds. The third kappa shape index (κ3) is 5.81. The number of anilines is 1. The fraction of sp³-hybridized carbons (Fsp3) is 0.269. The van der Waals surface area contributed by atoms with Gasteiger partial charge in [-0.2, -0.15) is 13.2 Å². The Bertz CT molecular complexity index is 1340. The summed E-state index contributed by atoms with van der Waals surface area (Å²) in [7, 11) is -2.77. The fourth-order valence-corrected chi connectivity index (χ4v) is 5.17. The van der Waals surface area contributed by atoms with Crippen molar-refractivity contribution in [1.82, 2.24) is 0 Å². The van der Waals surface area contributed by atoms with Crippen LogP contribution in [0.1, 0.15) is 39.5 Å². The molecule has 192 valence electrons. The SMILES string of the molecule is CCN(c1ccc(OCc2ccc(C(F)(F)F)cc2)cc1)S(=O)(=O)c1cc(C)c(C)c(C(=O)OC)c1. The first-order valence-corrected chi connectivity index (χ1v) is 12.4. The van der Waals surface area contributed by atoms with E-state index >= 15 is 0 Å². The molecule has 0 aliphatic carbocycles. The second-order valence-corrected chi connectivity index (χ2v) is 9.91. The predicted octanol–water partition coefficient (Wildman–Crippen LogP) is 5.90. The molecule has 0 aromatic heterocycles. The fourth-order valence-electron chi connectivity index (χ4n) is 3.58. The van der Waals surface area contributed by atoms with Gasteiger partial charge in [0.15, 0.2) is 0 Å². The number of nitrogens with zero attached hydrogens (tertiary/aromatic N) is 1. The lowest BCUT2D eigenvalue weighted by atomic mass is 10.0. The number of benzene rings is 3. The van der Waals surface area contributed by atoms with Gasteiger partial charge in [-0.1, -0.05) is 12.1 Å². The molecule has 0 aliphatic rings. The highest BCUT2D eigenvalue weighted by Crippen LogP contribution is 2.30. The zero-order valence-electron chi connectivity index (χ0n) is 20.2. The molecular formula is C26H26F3NO5S. The minimum absolute atomic E-state index is 0.0320. The van der Waals surface area contributed by atoms with Crippen molar-refractivity contribution in [3.8, 4) is 5.75 Å². The number of methoxy groups -OCH3 is 1. The summed E-state index contributed by atoms with van der Waals surface area (Å²) in [4.78, 5) is 12.1. The van der Waals surface area contributed by atoms with Gasteiger partial charge in [0.25, 0.3) is 10.0 Å². The Kier molecular flexibility index (Phi) is 7.98. The van der Waals surface area contributed by atoms with E-state index in [-0.39, 0.29) is 23.6 Å². The van der Waals surface area contributed by atoms with Crippen molar-refractivity contribution < 1.29 is 35.9 Å². The summed E-state index contributed by atoms with van der Waals surface area (Å²) in [5.41, 5.74) is 1.66. The molecule has 0 saturated heterocycles. The molecular weight excluding hydrogens is 495 g/mol. The Hall–Kier alpha value is -3.53. The molecule has 3 aromatic carbocycles. The summed E-state index contributed by atoms with van der Waals surface area (Å²) in [5.74, 6) is -0.198. The molecule has 3 aromatic rings. The van der Waals surface area contributed by atoms with Crippen LogP contribution in [0, 0.1) is 13.8 Å². The van der Waals surface area contributed by atoms with Gasteiger partial charge in [0, 0.05) is 6.54 Å². The van der Waals surface area contributed by atoms with E-state index < -0.39 is 27.7 Å². The van der Waals surface area contributed by atoms with Crippen molar-refractivity contribution in [2.75, 3.05) is 18.0 Å². The van der Waals surface area contributed by atoms with Gasteiger partial charge in [0.2, 0.25) is 0 Å². The van der Waals surface area contributed by atoms with Crippen molar-refractivity contribution in [3.05, 3.63) is 88.5 Å². The third-order valence-corrected chi connectivity index (χ3v) is 7.61. The van der Waals surface area contributed by atoms with Crippen molar-refractivity contribution in [2.24, 2.45) is 0 Å². The molecule has 3 rings (SSSR count). The molecule has 10 heteroatoms. The van der Waals surface area contributed by atoms with Crippen LogP contribution in [0.2, 0.25) is 0 Å². The Balaban J connectivity index is 1.80. The Labute approximate surface area is 208 Å². The van der Waals surface area contributed by atoms with E-state index in [2.05, 4.69) is 0 Å². The van der Waals surface area contributed by atoms with Crippen LogP contribution in [-0.4, -0.2) is 28.0 Å². The number of halogens is 3. The smallest absolute Gasteiger partial charge is 0.416 e. The molecule has 6 nitrogen and oxygen atoms in total. The molecule has 0 atom stereocenters. The Morgan fingerprint density at radius 2 is 1.58 bits per heavy atom. The number of sulfonamides is 1. The molecule has 0 bridgehead atoms.